The quantitative estimate of drug-likeness (QED) is 0.425. The Labute approximate surface area is 146 Å². The lowest BCUT2D eigenvalue weighted by Gasteiger charge is -2.28. The first kappa shape index (κ1) is 18.5. The molecule has 0 aliphatic carbocycles. The molecule has 1 aliphatic heterocycles. The zero-order valence-electron chi connectivity index (χ0n) is 15.9. The molecule has 1 heterocycles. The van der Waals surface area contributed by atoms with Crippen molar-refractivity contribution in [3.8, 4) is 0 Å². The zero-order chi connectivity index (χ0) is 17.7. The fraction of sp³-hybridized carbons (Fsp3) is 0.476. The zero-order valence-corrected chi connectivity index (χ0v) is 15.9. The molecule has 1 aromatic rings. The van der Waals surface area contributed by atoms with Crippen LogP contribution in [0.5, 0.6) is 0 Å². The van der Waals surface area contributed by atoms with Crippen LogP contribution < -0.4 is 0 Å². The lowest BCUT2D eigenvalue weighted by atomic mass is 9.89. The second-order valence-electron chi connectivity index (χ2n) is 6.52. The maximum Gasteiger partial charge on any atom is 0.104 e. The first-order chi connectivity index (χ1) is 11.5. The molecule has 130 valence electrons. The van der Waals surface area contributed by atoms with E-state index in [-0.39, 0.29) is 6.10 Å². The predicted molar refractivity (Wildman–Crippen MR) is 103 cm³/mol. The number of nitrogens with zero attached hydrogens (tertiary/aromatic N) is 2. The van der Waals surface area contributed by atoms with Gasteiger partial charge in [0.1, 0.15) is 6.10 Å². The first-order valence-electron chi connectivity index (χ1n) is 8.77. The van der Waals surface area contributed by atoms with Crippen LogP contribution in [-0.4, -0.2) is 31.4 Å². The number of fused-ring (bicyclic) bond motifs is 1. The number of aryl methyl sites for hydroxylation is 1. The van der Waals surface area contributed by atoms with Gasteiger partial charge in [-0.25, -0.2) is 4.99 Å². The molecule has 0 spiro atoms. The molecule has 3 heteroatoms. The van der Waals surface area contributed by atoms with Gasteiger partial charge in [-0.1, -0.05) is 18.2 Å². The SMILES string of the molecule is C/C=C\C(C)=C(/C)C1OCCc2cc(/N=C/N(C)CC)c(C)cc21. The molecule has 0 radical (unpaired) electrons. The van der Waals surface area contributed by atoms with E-state index in [2.05, 4.69) is 61.9 Å². The van der Waals surface area contributed by atoms with E-state index in [1.54, 1.807) is 0 Å². The lowest BCUT2D eigenvalue weighted by molar-refractivity contribution is 0.0666. The van der Waals surface area contributed by atoms with Crippen molar-refractivity contribution in [3.63, 3.8) is 0 Å². The molecule has 0 saturated heterocycles. The normalized spacial score (nSPS) is 18.8. The molecule has 2 rings (SSSR count). The van der Waals surface area contributed by atoms with E-state index in [1.165, 1.54) is 27.8 Å². The summed E-state index contributed by atoms with van der Waals surface area (Å²) in [7, 11) is 2.04. The van der Waals surface area contributed by atoms with Gasteiger partial charge in [-0.3, -0.25) is 0 Å². The maximum absolute atomic E-state index is 6.11. The van der Waals surface area contributed by atoms with Crippen molar-refractivity contribution in [3.05, 3.63) is 52.1 Å². The van der Waals surface area contributed by atoms with Crippen molar-refractivity contribution in [2.24, 2.45) is 4.99 Å². The Hall–Kier alpha value is -1.87. The van der Waals surface area contributed by atoms with Crippen molar-refractivity contribution in [1.82, 2.24) is 4.90 Å². The summed E-state index contributed by atoms with van der Waals surface area (Å²) in [6, 6.07) is 4.49. The van der Waals surface area contributed by atoms with Gasteiger partial charge in [0, 0.05) is 13.6 Å². The van der Waals surface area contributed by atoms with Gasteiger partial charge < -0.3 is 9.64 Å². The van der Waals surface area contributed by atoms with E-state index < -0.39 is 0 Å². The van der Waals surface area contributed by atoms with Crippen molar-refractivity contribution >= 4 is 12.0 Å². The molecule has 3 nitrogen and oxygen atoms in total. The topological polar surface area (TPSA) is 24.8 Å². The van der Waals surface area contributed by atoms with Crippen molar-refractivity contribution in [2.75, 3.05) is 20.2 Å². The Morgan fingerprint density at radius 1 is 1.38 bits per heavy atom. The summed E-state index contributed by atoms with van der Waals surface area (Å²) in [6.45, 7) is 12.3. The Balaban J connectivity index is 2.40. The van der Waals surface area contributed by atoms with Gasteiger partial charge in [0.15, 0.2) is 0 Å². The van der Waals surface area contributed by atoms with Gasteiger partial charge in [0.25, 0.3) is 0 Å². The van der Waals surface area contributed by atoms with Crippen molar-refractivity contribution in [2.45, 2.75) is 47.1 Å². The minimum Gasteiger partial charge on any atom is -0.369 e. The molecule has 24 heavy (non-hydrogen) atoms. The average molecular weight is 326 g/mol. The summed E-state index contributed by atoms with van der Waals surface area (Å²) in [5.74, 6) is 0. The van der Waals surface area contributed by atoms with E-state index in [0.717, 1.165) is 25.3 Å². The average Bonchev–Trinajstić information content (AvgIpc) is 2.58. The highest BCUT2D eigenvalue weighted by molar-refractivity contribution is 5.64. The molecule has 1 aliphatic rings. The van der Waals surface area contributed by atoms with Crippen LogP contribution >= 0.6 is 0 Å². The predicted octanol–water partition coefficient (Wildman–Crippen LogP) is 5.13. The van der Waals surface area contributed by atoms with Gasteiger partial charge >= 0.3 is 0 Å². The molecule has 1 unspecified atom stereocenters. The third-order valence-corrected chi connectivity index (χ3v) is 4.72. The number of rotatable bonds is 5. The Bertz CT molecular complexity index is 671. The van der Waals surface area contributed by atoms with Crippen LogP contribution in [0.25, 0.3) is 0 Å². The first-order valence-corrected chi connectivity index (χ1v) is 8.77. The third kappa shape index (κ3) is 4.15. The fourth-order valence-corrected chi connectivity index (χ4v) is 2.93. The number of aliphatic imine (C=N–C) groups is 1. The van der Waals surface area contributed by atoms with Gasteiger partial charge in [-0.2, -0.15) is 0 Å². The molecule has 0 N–H and O–H groups in total. The van der Waals surface area contributed by atoms with Gasteiger partial charge in [0.2, 0.25) is 0 Å². The van der Waals surface area contributed by atoms with Crippen LogP contribution in [0.2, 0.25) is 0 Å². The largest absolute Gasteiger partial charge is 0.369 e. The van der Waals surface area contributed by atoms with E-state index >= 15 is 0 Å². The van der Waals surface area contributed by atoms with Gasteiger partial charge in [0.05, 0.1) is 18.6 Å². The monoisotopic (exact) mass is 326 g/mol. The highest BCUT2D eigenvalue weighted by Gasteiger charge is 2.24. The van der Waals surface area contributed by atoms with E-state index in [9.17, 15) is 0 Å². The van der Waals surface area contributed by atoms with Crippen molar-refractivity contribution in [1.29, 1.82) is 0 Å². The highest BCUT2D eigenvalue weighted by Crippen LogP contribution is 2.37. The summed E-state index contributed by atoms with van der Waals surface area (Å²) in [5.41, 5.74) is 7.47. The van der Waals surface area contributed by atoms with E-state index in [4.69, 9.17) is 4.74 Å². The number of hydrogen-bond donors (Lipinski definition) is 0. The third-order valence-electron chi connectivity index (χ3n) is 4.72. The maximum atomic E-state index is 6.11. The summed E-state index contributed by atoms with van der Waals surface area (Å²) in [6.07, 6.45) is 7.15. The molecular formula is C21H30N2O. The molecule has 0 amide bonds. The number of ether oxygens (including phenoxy) is 1. The lowest BCUT2D eigenvalue weighted by Crippen LogP contribution is -2.18. The molecule has 0 saturated carbocycles. The summed E-state index contributed by atoms with van der Waals surface area (Å²) in [4.78, 5) is 6.74. The second kappa shape index (κ2) is 8.29. The van der Waals surface area contributed by atoms with E-state index in [0.29, 0.717) is 0 Å². The summed E-state index contributed by atoms with van der Waals surface area (Å²) >= 11 is 0. The fourth-order valence-electron chi connectivity index (χ4n) is 2.93. The van der Waals surface area contributed by atoms with Crippen LogP contribution in [0.3, 0.4) is 0 Å². The van der Waals surface area contributed by atoms with Crippen LogP contribution in [-0.2, 0) is 11.2 Å². The highest BCUT2D eigenvalue weighted by atomic mass is 16.5. The standard InChI is InChI=1S/C21H30N2O/c1-7-9-15(3)17(5)21-19-12-16(4)20(22-14-23(6)8-2)13-18(19)10-11-24-21/h7,9,12-14,21H,8,10-11H2,1-6H3/b9-7-,17-15+,22-14+. The molecule has 0 bridgehead atoms. The van der Waals surface area contributed by atoms with Crippen LogP contribution in [0.1, 0.15) is 50.5 Å². The summed E-state index contributed by atoms with van der Waals surface area (Å²) in [5, 5.41) is 0. The van der Waals surface area contributed by atoms with E-state index in [1.807, 2.05) is 20.3 Å². The second-order valence-corrected chi connectivity index (χ2v) is 6.52. The number of allylic oxidation sites excluding steroid dienone is 3. The Morgan fingerprint density at radius 2 is 2.12 bits per heavy atom. The summed E-state index contributed by atoms with van der Waals surface area (Å²) < 4.78 is 6.11. The van der Waals surface area contributed by atoms with Crippen LogP contribution in [0.15, 0.2) is 40.4 Å². The van der Waals surface area contributed by atoms with Crippen LogP contribution in [0, 0.1) is 6.92 Å². The Kier molecular flexibility index (Phi) is 6.38. The van der Waals surface area contributed by atoms with Gasteiger partial charge in [-0.15, -0.1) is 0 Å². The number of benzene rings is 1. The molecule has 0 fully saturated rings. The smallest absolute Gasteiger partial charge is 0.104 e. The minimum absolute atomic E-state index is 0.0556. The molecule has 1 atom stereocenters. The minimum atomic E-state index is 0.0556. The Morgan fingerprint density at radius 3 is 2.79 bits per heavy atom. The molecule has 0 aromatic heterocycles. The van der Waals surface area contributed by atoms with Crippen LogP contribution in [0.4, 0.5) is 5.69 Å². The van der Waals surface area contributed by atoms with Crippen molar-refractivity contribution < 1.29 is 4.74 Å². The molecule has 1 aromatic carbocycles. The number of hydrogen-bond acceptors (Lipinski definition) is 2. The van der Waals surface area contributed by atoms with Gasteiger partial charge in [-0.05, 0) is 74.9 Å². The molecular weight excluding hydrogens is 296 g/mol.